The molecule has 0 saturated carbocycles. The first-order valence-corrected chi connectivity index (χ1v) is 5.30. The first kappa shape index (κ1) is 16.6. The molecule has 0 spiro atoms. The van der Waals surface area contributed by atoms with Crippen LogP contribution < -0.4 is 5.32 Å². The van der Waals surface area contributed by atoms with E-state index in [9.17, 15) is 24.6 Å². The quantitative estimate of drug-likeness (QED) is 0.259. The molecule has 1 N–H and O–H groups in total. The highest BCUT2D eigenvalue weighted by Crippen LogP contribution is 2.11. The Labute approximate surface area is 103 Å². The van der Waals surface area contributed by atoms with E-state index >= 15 is 0 Å². The van der Waals surface area contributed by atoms with Gasteiger partial charge in [0, 0.05) is 19.8 Å². The standard InChI is InChI=1S/C8H16FN3O6/c1-3-17-7(18-4-2)5-10-6-8(9,11(13)14)12(15)16/h7,10H,3-6H2,1-2H3. The van der Waals surface area contributed by atoms with Crippen LogP contribution in [-0.4, -0.2) is 48.4 Å². The van der Waals surface area contributed by atoms with Crippen LogP contribution in [0.25, 0.3) is 0 Å². The van der Waals surface area contributed by atoms with Crippen molar-refractivity contribution < 1.29 is 23.7 Å². The van der Waals surface area contributed by atoms with Gasteiger partial charge in [-0.3, -0.25) is 25.5 Å². The van der Waals surface area contributed by atoms with Crippen LogP contribution in [0.1, 0.15) is 13.8 Å². The summed E-state index contributed by atoms with van der Waals surface area (Å²) in [5.74, 6) is -3.75. The Bertz CT molecular complexity index is 270. The topological polar surface area (TPSA) is 117 Å². The molecule has 0 aliphatic heterocycles. The number of halogens is 1. The highest BCUT2D eigenvalue weighted by molar-refractivity contribution is 4.59. The van der Waals surface area contributed by atoms with Gasteiger partial charge in [0.2, 0.25) is 0 Å². The predicted octanol–water partition coefficient (Wildman–Crippen LogP) is 0.152. The molecule has 10 heteroatoms. The highest BCUT2D eigenvalue weighted by atomic mass is 19.2. The maximum Gasteiger partial charge on any atom is 0.626 e. The SMILES string of the molecule is CCOC(CNCC(F)([N+](=O)[O-])[N+](=O)[O-])OCC. The third-order valence-corrected chi connectivity index (χ3v) is 1.93. The van der Waals surface area contributed by atoms with Gasteiger partial charge in [-0.2, -0.15) is 0 Å². The molecule has 0 atom stereocenters. The van der Waals surface area contributed by atoms with Crippen molar-refractivity contribution in [2.24, 2.45) is 0 Å². The van der Waals surface area contributed by atoms with Crippen LogP contribution in [0, 0.1) is 20.2 Å². The van der Waals surface area contributed by atoms with E-state index in [1.54, 1.807) is 13.8 Å². The molecule has 0 rings (SSSR count). The Morgan fingerprint density at radius 3 is 2.00 bits per heavy atom. The van der Waals surface area contributed by atoms with Crippen molar-refractivity contribution in [3.05, 3.63) is 20.2 Å². The lowest BCUT2D eigenvalue weighted by atomic mass is 10.4. The number of nitro groups is 2. The summed E-state index contributed by atoms with van der Waals surface area (Å²) in [7, 11) is 0. The second kappa shape index (κ2) is 7.84. The van der Waals surface area contributed by atoms with Crippen LogP contribution in [0.4, 0.5) is 4.39 Å². The van der Waals surface area contributed by atoms with Gasteiger partial charge in [0.25, 0.3) is 0 Å². The Kier molecular flexibility index (Phi) is 7.24. The van der Waals surface area contributed by atoms with Crippen molar-refractivity contribution in [2.75, 3.05) is 26.3 Å². The largest absolute Gasteiger partial charge is 0.626 e. The van der Waals surface area contributed by atoms with Gasteiger partial charge in [-0.25, -0.2) is 0 Å². The molecule has 0 heterocycles. The summed E-state index contributed by atoms with van der Waals surface area (Å²) in [6, 6.07) is 0. The first-order chi connectivity index (χ1) is 8.38. The summed E-state index contributed by atoms with van der Waals surface area (Å²) in [4.78, 5) is 17.4. The molecule has 0 unspecified atom stereocenters. The van der Waals surface area contributed by atoms with E-state index in [2.05, 4.69) is 5.32 Å². The normalized spacial score (nSPS) is 11.8. The molecule has 0 bridgehead atoms. The predicted molar refractivity (Wildman–Crippen MR) is 57.7 cm³/mol. The van der Waals surface area contributed by atoms with E-state index in [0.717, 1.165) is 0 Å². The Morgan fingerprint density at radius 2 is 1.67 bits per heavy atom. The summed E-state index contributed by atoms with van der Waals surface area (Å²) < 4.78 is 23.5. The van der Waals surface area contributed by atoms with Crippen molar-refractivity contribution in [3.8, 4) is 0 Å². The van der Waals surface area contributed by atoms with Crippen molar-refractivity contribution >= 4 is 0 Å². The second-order valence-electron chi connectivity index (χ2n) is 3.20. The minimum Gasteiger partial charge on any atom is -0.352 e. The van der Waals surface area contributed by atoms with Gasteiger partial charge < -0.3 is 9.47 Å². The lowest BCUT2D eigenvalue weighted by molar-refractivity contribution is -0.828. The summed E-state index contributed by atoms with van der Waals surface area (Å²) in [5.41, 5.74) is 0. The van der Waals surface area contributed by atoms with E-state index in [4.69, 9.17) is 9.47 Å². The van der Waals surface area contributed by atoms with Crippen molar-refractivity contribution in [1.82, 2.24) is 5.32 Å². The smallest absolute Gasteiger partial charge is 0.352 e. The van der Waals surface area contributed by atoms with Crippen LogP contribution in [0.15, 0.2) is 0 Å². The molecule has 18 heavy (non-hydrogen) atoms. The van der Waals surface area contributed by atoms with Gasteiger partial charge >= 0.3 is 5.92 Å². The molecule has 0 aromatic heterocycles. The molecule has 0 amide bonds. The zero-order valence-electron chi connectivity index (χ0n) is 10.1. The van der Waals surface area contributed by atoms with E-state index < -0.39 is 28.6 Å². The van der Waals surface area contributed by atoms with Crippen LogP contribution in [-0.2, 0) is 9.47 Å². The minimum atomic E-state index is -3.75. The number of rotatable bonds is 10. The number of nitrogens with zero attached hydrogens (tertiary/aromatic N) is 2. The molecule has 0 radical (unpaired) electrons. The maximum atomic E-state index is 13.3. The molecule has 0 aliphatic carbocycles. The number of hydrogen-bond acceptors (Lipinski definition) is 7. The van der Waals surface area contributed by atoms with Gasteiger partial charge in [0.05, 0.1) is 0 Å². The number of ether oxygens (including phenoxy) is 2. The van der Waals surface area contributed by atoms with Crippen molar-refractivity contribution in [1.29, 1.82) is 0 Å². The molecule has 0 aromatic carbocycles. The van der Waals surface area contributed by atoms with Crippen molar-refractivity contribution in [3.63, 3.8) is 0 Å². The molecule has 0 fully saturated rings. The molecule has 0 aliphatic rings. The molecule has 0 saturated heterocycles. The van der Waals surface area contributed by atoms with E-state index in [0.29, 0.717) is 13.2 Å². The van der Waals surface area contributed by atoms with Gasteiger partial charge in [-0.1, -0.05) is 4.39 Å². The van der Waals surface area contributed by atoms with Crippen LogP contribution in [0.5, 0.6) is 0 Å². The van der Waals surface area contributed by atoms with E-state index in [1.807, 2.05) is 0 Å². The summed E-state index contributed by atoms with van der Waals surface area (Å²) in [6.45, 7) is 2.92. The van der Waals surface area contributed by atoms with E-state index in [1.165, 1.54) is 0 Å². The average Bonchev–Trinajstić information content (AvgIpc) is 2.28. The molecule has 0 aromatic rings. The monoisotopic (exact) mass is 269 g/mol. The minimum absolute atomic E-state index is 0.0883. The van der Waals surface area contributed by atoms with Crippen LogP contribution in [0.2, 0.25) is 0 Å². The average molecular weight is 269 g/mol. The fraction of sp³-hybridized carbons (Fsp3) is 1.00. The van der Waals surface area contributed by atoms with Gasteiger partial charge in [0.1, 0.15) is 9.85 Å². The lowest BCUT2D eigenvalue weighted by Gasteiger charge is -2.17. The molecular weight excluding hydrogens is 253 g/mol. The first-order valence-electron chi connectivity index (χ1n) is 5.30. The summed E-state index contributed by atoms with van der Waals surface area (Å²) >= 11 is 0. The number of alkyl halides is 1. The fourth-order valence-electron chi connectivity index (χ4n) is 1.08. The van der Waals surface area contributed by atoms with Gasteiger partial charge in [-0.05, 0) is 13.8 Å². The van der Waals surface area contributed by atoms with Crippen LogP contribution >= 0.6 is 0 Å². The Hall–Kier alpha value is -1.39. The Morgan fingerprint density at radius 1 is 1.22 bits per heavy atom. The Balaban J connectivity index is 4.28. The van der Waals surface area contributed by atoms with Crippen LogP contribution in [0.3, 0.4) is 0 Å². The zero-order chi connectivity index (χ0) is 14.2. The number of hydrogen-bond donors (Lipinski definition) is 1. The van der Waals surface area contributed by atoms with Gasteiger partial charge in [0.15, 0.2) is 12.8 Å². The summed E-state index contributed by atoms with van der Waals surface area (Å²) in [6.07, 6.45) is -0.734. The summed E-state index contributed by atoms with van der Waals surface area (Å²) in [5, 5.41) is 22.8. The van der Waals surface area contributed by atoms with Gasteiger partial charge in [-0.15, -0.1) is 0 Å². The lowest BCUT2D eigenvalue weighted by Crippen LogP contribution is -2.51. The third kappa shape index (κ3) is 4.85. The third-order valence-electron chi connectivity index (χ3n) is 1.93. The number of nitrogens with one attached hydrogen (secondary N) is 1. The molecular formula is C8H16FN3O6. The second-order valence-corrected chi connectivity index (χ2v) is 3.20. The molecule has 9 nitrogen and oxygen atoms in total. The molecule has 106 valence electrons. The maximum absolute atomic E-state index is 13.3. The highest BCUT2D eigenvalue weighted by Gasteiger charge is 2.57. The van der Waals surface area contributed by atoms with E-state index in [-0.39, 0.29) is 6.54 Å². The zero-order valence-corrected chi connectivity index (χ0v) is 10.1. The van der Waals surface area contributed by atoms with Crippen molar-refractivity contribution in [2.45, 2.75) is 26.1 Å². The fourth-order valence-corrected chi connectivity index (χ4v) is 1.08.